The summed E-state index contributed by atoms with van der Waals surface area (Å²) in [6, 6.07) is 1.53. The van der Waals surface area contributed by atoms with Crippen LogP contribution in [0, 0.1) is 11.3 Å². The zero-order valence-corrected chi connectivity index (χ0v) is 13.1. The quantitative estimate of drug-likeness (QED) is 0.785. The van der Waals surface area contributed by atoms with Crippen molar-refractivity contribution in [3.05, 3.63) is 0 Å². The highest BCUT2D eigenvalue weighted by molar-refractivity contribution is 4.95. The average Bonchev–Trinajstić information content (AvgIpc) is 2.91. The molecule has 3 unspecified atom stereocenters. The van der Waals surface area contributed by atoms with Crippen molar-refractivity contribution in [1.82, 2.24) is 10.6 Å². The van der Waals surface area contributed by atoms with Crippen molar-refractivity contribution < 1.29 is 4.74 Å². The molecule has 2 aliphatic carbocycles. The van der Waals surface area contributed by atoms with Crippen LogP contribution in [0.1, 0.15) is 57.8 Å². The maximum absolute atomic E-state index is 5.46. The predicted molar refractivity (Wildman–Crippen MR) is 82.9 cm³/mol. The molecule has 0 amide bonds. The molecule has 3 heteroatoms. The Hall–Kier alpha value is -0.120. The molecule has 1 aliphatic heterocycles. The van der Waals surface area contributed by atoms with Crippen LogP contribution in [0.2, 0.25) is 0 Å². The Morgan fingerprint density at radius 1 is 1.10 bits per heavy atom. The van der Waals surface area contributed by atoms with Gasteiger partial charge in [0.05, 0.1) is 6.61 Å². The molecule has 0 bridgehead atoms. The van der Waals surface area contributed by atoms with Gasteiger partial charge in [-0.3, -0.25) is 0 Å². The molecule has 1 heterocycles. The number of hydrogen-bond acceptors (Lipinski definition) is 3. The van der Waals surface area contributed by atoms with E-state index in [1.165, 1.54) is 70.9 Å². The number of ether oxygens (including phenoxy) is 1. The fourth-order valence-corrected chi connectivity index (χ4v) is 4.67. The minimum Gasteiger partial charge on any atom is -0.384 e. The van der Waals surface area contributed by atoms with E-state index in [-0.39, 0.29) is 0 Å². The van der Waals surface area contributed by atoms with Gasteiger partial charge in [-0.15, -0.1) is 0 Å². The Bertz CT molecular complexity index is 297. The van der Waals surface area contributed by atoms with E-state index < -0.39 is 0 Å². The third-order valence-corrected chi connectivity index (χ3v) is 6.04. The van der Waals surface area contributed by atoms with Crippen LogP contribution in [-0.4, -0.2) is 38.9 Å². The Morgan fingerprint density at radius 3 is 2.65 bits per heavy atom. The summed E-state index contributed by atoms with van der Waals surface area (Å²) >= 11 is 0. The second kappa shape index (κ2) is 6.76. The molecule has 0 aromatic carbocycles. The van der Waals surface area contributed by atoms with Gasteiger partial charge in [0.2, 0.25) is 0 Å². The summed E-state index contributed by atoms with van der Waals surface area (Å²) in [5, 5.41) is 7.71. The van der Waals surface area contributed by atoms with Crippen LogP contribution >= 0.6 is 0 Å². The van der Waals surface area contributed by atoms with Gasteiger partial charge in [0, 0.05) is 31.2 Å². The van der Waals surface area contributed by atoms with Crippen LogP contribution in [0.15, 0.2) is 0 Å². The summed E-state index contributed by atoms with van der Waals surface area (Å²) < 4.78 is 5.46. The highest BCUT2D eigenvalue weighted by Crippen LogP contribution is 2.41. The number of piperidine rings is 1. The molecule has 0 spiro atoms. The van der Waals surface area contributed by atoms with Crippen LogP contribution in [0.25, 0.3) is 0 Å². The van der Waals surface area contributed by atoms with Crippen LogP contribution in [-0.2, 0) is 4.74 Å². The van der Waals surface area contributed by atoms with Gasteiger partial charge < -0.3 is 15.4 Å². The topological polar surface area (TPSA) is 33.3 Å². The fraction of sp³-hybridized carbons (Fsp3) is 1.00. The molecule has 3 aliphatic rings. The van der Waals surface area contributed by atoms with Crippen molar-refractivity contribution in [2.45, 2.75) is 69.9 Å². The molecular weight excluding hydrogens is 248 g/mol. The Morgan fingerprint density at radius 2 is 2.00 bits per heavy atom. The third-order valence-electron chi connectivity index (χ3n) is 6.04. The number of hydrogen-bond donors (Lipinski definition) is 2. The summed E-state index contributed by atoms with van der Waals surface area (Å²) in [6.45, 7) is 3.36. The summed E-state index contributed by atoms with van der Waals surface area (Å²) in [4.78, 5) is 0. The van der Waals surface area contributed by atoms with Crippen molar-refractivity contribution in [2.75, 3.05) is 26.8 Å². The maximum atomic E-state index is 5.46. The molecule has 1 saturated heterocycles. The monoisotopic (exact) mass is 280 g/mol. The Kier molecular flexibility index (Phi) is 5.00. The standard InChI is InChI=1S/C17H32N2O/c1-20-13-17(9-5-10-17)12-19-16-8-4-6-14(16)15-7-2-3-11-18-15/h14-16,18-19H,2-13H2,1H3. The highest BCUT2D eigenvalue weighted by Gasteiger charge is 2.39. The molecule has 0 aromatic heterocycles. The lowest BCUT2D eigenvalue weighted by molar-refractivity contribution is 0.0143. The minimum atomic E-state index is 0.460. The molecule has 2 N–H and O–H groups in total. The lowest BCUT2D eigenvalue weighted by Gasteiger charge is -2.43. The summed E-state index contributed by atoms with van der Waals surface area (Å²) in [5.41, 5.74) is 0.460. The number of nitrogens with one attached hydrogen (secondary N) is 2. The Labute approximate surface area is 124 Å². The molecule has 3 atom stereocenters. The van der Waals surface area contributed by atoms with E-state index in [2.05, 4.69) is 10.6 Å². The van der Waals surface area contributed by atoms with Crippen molar-refractivity contribution in [2.24, 2.45) is 11.3 Å². The predicted octanol–water partition coefficient (Wildman–Crippen LogP) is 2.70. The van der Waals surface area contributed by atoms with Crippen LogP contribution < -0.4 is 10.6 Å². The SMILES string of the molecule is COCC1(CNC2CCCC2C2CCCCN2)CCC1. The molecule has 116 valence electrons. The van der Waals surface area contributed by atoms with Crippen LogP contribution in [0.5, 0.6) is 0 Å². The first-order chi connectivity index (χ1) is 9.83. The van der Waals surface area contributed by atoms with Gasteiger partial charge in [-0.1, -0.05) is 19.3 Å². The van der Waals surface area contributed by atoms with E-state index in [1.807, 2.05) is 7.11 Å². The van der Waals surface area contributed by atoms with Gasteiger partial charge >= 0.3 is 0 Å². The van der Waals surface area contributed by atoms with E-state index in [1.54, 1.807) is 0 Å². The van der Waals surface area contributed by atoms with E-state index in [0.717, 1.165) is 24.6 Å². The molecule has 0 radical (unpaired) electrons. The van der Waals surface area contributed by atoms with Gasteiger partial charge in [-0.05, 0) is 51.0 Å². The molecule has 0 aromatic rings. The highest BCUT2D eigenvalue weighted by atomic mass is 16.5. The second-order valence-corrected chi connectivity index (χ2v) is 7.43. The molecule has 3 fully saturated rings. The van der Waals surface area contributed by atoms with Crippen molar-refractivity contribution in [1.29, 1.82) is 0 Å². The first-order valence-corrected chi connectivity index (χ1v) is 8.79. The minimum absolute atomic E-state index is 0.460. The maximum Gasteiger partial charge on any atom is 0.0530 e. The van der Waals surface area contributed by atoms with Gasteiger partial charge in [0.15, 0.2) is 0 Å². The summed E-state index contributed by atoms with van der Waals surface area (Å²) in [7, 11) is 1.85. The smallest absolute Gasteiger partial charge is 0.0530 e. The zero-order chi connectivity index (χ0) is 13.8. The summed E-state index contributed by atoms with van der Waals surface area (Å²) in [5.74, 6) is 0.870. The normalized spacial score (nSPS) is 36.8. The molecular formula is C17H32N2O. The zero-order valence-electron chi connectivity index (χ0n) is 13.1. The van der Waals surface area contributed by atoms with Crippen LogP contribution in [0.4, 0.5) is 0 Å². The van der Waals surface area contributed by atoms with Gasteiger partial charge in [-0.2, -0.15) is 0 Å². The van der Waals surface area contributed by atoms with Crippen molar-refractivity contribution in [3.63, 3.8) is 0 Å². The van der Waals surface area contributed by atoms with Gasteiger partial charge in [-0.25, -0.2) is 0 Å². The van der Waals surface area contributed by atoms with Crippen molar-refractivity contribution >= 4 is 0 Å². The number of methoxy groups -OCH3 is 1. The first kappa shape index (κ1) is 14.8. The summed E-state index contributed by atoms with van der Waals surface area (Å²) in [6.07, 6.45) is 12.5. The first-order valence-electron chi connectivity index (χ1n) is 8.79. The molecule has 3 rings (SSSR count). The van der Waals surface area contributed by atoms with Gasteiger partial charge in [0.25, 0.3) is 0 Å². The van der Waals surface area contributed by atoms with E-state index in [4.69, 9.17) is 4.74 Å². The van der Waals surface area contributed by atoms with E-state index in [0.29, 0.717) is 5.41 Å². The molecule has 3 nitrogen and oxygen atoms in total. The second-order valence-electron chi connectivity index (χ2n) is 7.43. The third kappa shape index (κ3) is 3.20. The number of rotatable bonds is 6. The largest absolute Gasteiger partial charge is 0.384 e. The average molecular weight is 280 g/mol. The van der Waals surface area contributed by atoms with E-state index >= 15 is 0 Å². The van der Waals surface area contributed by atoms with Gasteiger partial charge in [0.1, 0.15) is 0 Å². The van der Waals surface area contributed by atoms with E-state index in [9.17, 15) is 0 Å². The fourth-order valence-electron chi connectivity index (χ4n) is 4.67. The van der Waals surface area contributed by atoms with Crippen molar-refractivity contribution in [3.8, 4) is 0 Å². The lowest BCUT2D eigenvalue weighted by Crippen LogP contribution is -2.51. The van der Waals surface area contributed by atoms with Crippen LogP contribution in [0.3, 0.4) is 0 Å². The lowest BCUT2D eigenvalue weighted by atomic mass is 9.69. The Balaban J connectivity index is 1.50. The molecule has 2 saturated carbocycles. The molecule has 20 heavy (non-hydrogen) atoms.